The van der Waals surface area contributed by atoms with E-state index >= 15 is 8.78 Å². The molecular formula is C27H37F2NO5. The first-order valence-electron chi connectivity index (χ1n) is 13.0. The Balaban J connectivity index is 1.60. The van der Waals surface area contributed by atoms with Crippen LogP contribution in [0.3, 0.4) is 0 Å². The summed E-state index contributed by atoms with van der Waals surface area (Å²) in [7, 11) is 0. The maximum Gasteiger partial charge on any atom is 0.181 e. The van der Waals surface area contributed by atoms with E-state index in [0.29, 0.717) is 19.4 Å². The Kier molecular flexibility index (Phi) is 5.95. The average Bonchev–Trinajstić information content (AvgIpc) is 3.28. The lowest BCUT2D eigenvalue weighted by Gasteiger charge is -2.63. The maximum absolute atomic E-state index is 17.3. The van der Waals surface area contributed by atoms with Gasteiger partial charge in [0, 0.05) is 16.7 Å². The molecule has 0 amide bonds. The molecule has 0 radical (unpaired) electrons. The van der Waals surface area contributed by atoms with Crippen molar-refractivity contribution in [1.29, 1.82) is 0 Å². The van der Waals surface area contributed by atoms with Crippen LogP contribution in [0.2, 0.25) is 0 Å². The van der Waals surface area contributed by atoms with E-state index in [4.69, 9.17) is 9.47 Å². The van der Waals surface area contributed by atoms with Crippen molar-refractivity contribution in [2.75, 3.05) is 13.1 Å². The van der Waals surface area contributed by atoms with Gasteiger partial charge >= 0.3 is 0 Å². The molecule has 0 aromatic rings. The van der Waals surface area contributed by atoms with E-state index in [1.165, 1.54) is 18.2 Å². The molecule has 1 heterocycles. The molecule has 4 fully saturated rings. The molecule has 4 aliphatic carbocycles. The zero-order valence-electron chi connectivity index (χ0n) is 21.0. The van der Waals surface area contributed by atoms with Crippen LogP contribution < -0.4 is 5.32 Å². The minimum Gasteiger partial charge on any atom is -0.390 e. The van der Waals surface area contributed by atoms with Gasteiger partial charge < -0.3 is 19.9 Å². The number of hydrogen-bond donors (Lipinski definition) is 2. The molecule has 0 aromatic heterocycles. The molecule has 2 N–H and O–H groups in total. The first-order valence-corrected chi connectivity index (χ1v) is 13.0. The highest BCUT2D eigenvalue weighted by atomic mass is 19.1. The molecule has 35 heavy (non-hydrogen) atoms. The third kappa shape index (κ3) is 3.06. The van der Waals surface area contributed by atoms with Gasteiger partial charge in [-0.2, -0.15) is 0 Å². The van der Waals surface area contributed by atoms with Crippen molar-refractivity contribution in [2.45, 2.75) is 95.7 Å². The first kappa shape index (κ1) is 25.2. The average molecular weight is 494 g/mol. The predicted octanol–water partition coefficient (Wildman–Crippen LogP) is 3.37. The molecule has 1 saturated heterocycles. The Bertz CT molecular complexity index is 985. The van der Waals surface area contributed by atoms with Gasteiger partial charge in [-0.25, -0.2) is 8.78 Å². The van der Waals surface area contributed by atoms with E-state index in [2.05, 4.69) is 5.32 Å². The fraction of sp³-hybridized carbons (Fsp3) is 0.778. The molecule has 1 aliphatic heterocycles. The highest BCUT2D eigenvalue weighted by molar-refractivity contribution is 6.01. The summed E-state index contributed by atoms with van der Waals surface area (Å²) < 4.78 is 45.7. The maximum atomic E-state index is 17.3. The Morgan fingerprint density at radius 1 is 1.26 bits per heavy atom. The summed E-state index contributed by atoms with van der Waals surface area (Å²) in [6.07, 6.45) is 1.43. The smallest absolute Gasteiger partial charge is 0.181 e. The van der Waals surface area contributed by atoms with Crippen LogP contribution in [0.4, 0.5) is 8.78 Å². The van der Waals surface area contributed by atoms with Gasteiger partial charge in [-0.05, 0) is 62.8 Å². The molecule has 194 valence electrons. The van der Waals surface area contributed by atoms with Crippen LogP contribution in [-0.4, -0.2) is 65.7 Å². The van der Waals surface area contributed by atoms with E-state index in [1.54, 1.807) is 6.92 Å². The first-order chi connectivity index (χ1) is 16.5. The van der Waals surface area contributed by atoms with Crippen LogP contribution in [0.15, 0.2) is 23.8 Å². The molecule has 1 unspecified atom stereocenters. The SMILES string of the molecule is CCCC1O[C@@H]2C[C@H]3[C@@H]4C[C@H](F)C5=CC(=O)C=C[C@]5(C)[C@@]4(F)[C@@H](O)C[C@]3(C)[C@]2(C(=O)CNCC)O1. The van der Waals surface area contributed by atoms with Crippen LogP contribution in [0.5, 0.6) is 0 Å². The molecule has 10 atom stereocenters. The summed E-state index contributed by atoms with van der Waals surface area (Å²) in [6, 6.07) is 0. The minimum atomic E-state index is -2.18. The Morgan fingerprint density at radius 3 is 2.69 bits per heavy atom. The summed E-state index contributed by atoms with van der Waals surface area (Å²) in [5, 5.41) is 14.6. The number of alkyl halides is 2. The van der Waals surface area contributed by atoms with Gasteiger partial charge in [-0.15, -0.1) is 0 Å². The number of carbonyl (C=O) groups excluding carboxylic acids is 2. The summed E-state index contributed by atoms with van der Waals surface area (Å²) >= 11 is 0. The zero-order chi connectivity index (χ0) is 25.4. The van der Waals surface area contributed by atoms with E-state index < -0.39 is 58.6 Å². The van der Waals surface area contributed by atoms with Gasteiger partial charge in [-0.3, -0.25) is 9.59 Å². The van der Waals surface area contributed by atoms with Crippen molar-refractivity contribution in [3.05, 3.63) is 23.8 Å². The molecule has 0 bridgehead atoms. The predicted molar refractivity (Wildman–Crippen MR) is 125 cm³/mol. The van der Waals surface area contributed by atoms with Crippen molar-refractivity contribution in [1.82, 2.24) is 5.32 Å². The van der Waals surface area contributed by atoms with Crippen LogP contribution >= 0.6 is 0 Å². The van der Waals surface area contributed by atoms with Gasteiger partial charge in [0.15, 0.2) is 29.1 Å². The Labute approximate surface area is 205 Å². The molecule has 5 aliphatic rings. The fourth-order valence-corrected chi connectivity index (χ4v) is 8.26. The zero-order valence-corrected chi connectivity index (χ0v) is 21.0. The van der Waals surface area contributed by atoms with Crippen LogP contribution in [0, 0.1) is 22.7 Å². The number of aliphatic hydroxyl groups is 1. The van der Waals surface area contributed by atoms with E-state index in [9.17, 15) is 14.7 Å². The Morgan fingerprint density at radius 2 is 2.00 bits per heavy atom. The molecule has 6 nitrogen and oxygen atoms in total. The highest BCUT2D eigenvalue weighted by Gasteiger charge is 2.79. The van der Waals surface area contributed by atoms with E-state index in [1.807, 2.05) is 20.8 Å². The number of ketones is 2. The van der Waals surface area contributed by atoms with E-state index in [0.717, 1.165) is 6.42 Å². The third-order valence-electron chi connectivity index (χ3n) is 9.90. The normalized spacial score (nSPS) is 50.3. The summed E-state index contributed by atoms with van der Waals surface area (Å²) in [4.78, 5) is 25.8. The lowest BCUT2D eigenvalue weighted by molar-refractivity contribution is -0.233. The molecule has 0 aromatic carbocycles. The number of Topliss-reactive ketones (excluding diaryl/α,β-unsaturated/α-hetero) is 1. The molecule has 5 rings (SSSR count). The van der Waals surface area contributed by atoms with Gasteiger partial charge in [0.05, 0.1) is 18.8 Å². The number of rotatable bonds is 6. The van der Waals surface area contributed by atoms with Gasteiger partial charge in [0.1, 0.15) is 6.17 Å². The topological polar surface area (TPSA) is 84.9 Å². The lowest BCUT2D eigenvalue weighted by atomic mass is 9.44. The Hall–Kier alpha value is -1.48. The highest BCUT2D eigenvalue weighted by Crippen LogP contribution is 2.72. The summed E-state index contributed by atoms with van der Waals surface area (Å²) in [6.45, 7) is 8.08. The van der Waals surface area contributed by atoms with Crippen molar-refractivity contribution >= 4 is 11.6 Å². The lowest BCUT2D eigenvalue weighted by Crippen LogP contribution is -2.71. The van der Waals surface area contributed by atoms with Crippen LogP contribution in [0.25, 0.3) is 0 Å². The number of nitrogens with one attached hydrogen (secondary N) is 1. The van der Waals surface area contributed by atoms with Crippen LogP contribution in [-0.2, 0) is 19.1 Å². The number of ether oxygens (including phenoxy) is 2. The third-order valence-corrected chi connectivity index (χ3v) is 9.90. The number of carbonyl (C=O) groups is 2. The number of aliphatic hydroxyl groups excluding tert-OH is 1. The second-order valence-electron chi connectivity index (χ2n) is 11.5. The van der Waals surface area contributed by atoms with Crippen molar-refractivity contribution in [3.63, 3.8) is 0 Å². The number of fused-ring (bicyclic) bond motifs is 7. The van der Waals surface area contributed by atoms with Crippen molar-refractivity contribution in [3.8, 4) is 0 Å². The van der Waals surface area contributed by atoms with Gasteiger partial charge in [0.2, 0.25) is 0 Å². The van der Waals surface area contributed by atoms with E-state index in [-0.39, 0.29) is 36.5 Å². The summed E-state index contributed by atoms with van der Waals surface area (Å²) in [5.41, 5.74) is -5.80. The quantitative estimate of drug-likeness (QED) is 0.590. The number of hydrogen-bond acceptors (Lipinski definition) is 6. The fourth-order valence-electron chi connectivity index (χ4n) is 8.26. The molecule has 3 saturated carbocycles. The molecular weight excluding hydrogens is 456 g/mol. The molecule has 8 heteroatoms. The standard InChI is InChI=1S/C27H37F2NO5/c1-5-7-23-34-22-12-16-17-11-19(28)18-10-15(31)8-9-24(18,3)26(17,29)20(32)13-25(16,4)27(22,35-23)21(33)14-30-6-2/h8-10,16-17,19-20,22-23,30,32H,5-7,11-14H2,1-4H3/t16-,17-,19-,20-,22+,23?,24-,25-,26-,27+/m0/s1. The molecule has 0 spiro atoms. The monoisotopic (exact) mass is 493 g/mol. The number of likely N-dealkylation sites (N-methyl/N-ethyl adjacent to an activating group) is 1. The summed E-state index contributed by atoms with van der Waals surface area (Å²) in [5.74, 6) is -1.83. The minimum absolute atomic E-state index is 0.0111. The number of halogens is 2. The van der Waals surface area contributed by atoms with Crippen molar-refractivity contribution < 1.29 is 33.0 Å². The number of allylic oxidation sites excluding steroid dienone is 4. The van der Waals surface area contributed by atoms with Gasteiger partial charge in [0.25, 0.3) is 0 Å². The largest absolute Gasteiger partial charge is 0.390 e. The van der Waals surface area contributed by atoms with Crippen LogP contribution in [0.1, 0.15) is 59.8 Å². The van der Waals surface area contributed by atoms with Gasteiger partial charge in [-0.1, -0.05) is 33.3 Å². The second kappa shape index (κ2) is 8.27. The van der Waals surface area contributed by atoms with Crippen molar-refractivity contribution in [2.24, 2.45) is 22.7 Å². The second-order valence-corrected chi connectivity index (χ2v) is 11.5.